The van der Waals surface area contributed by atoms with E-state index in [1.54, 1.807) is 20.8 Å². The topological polar surface area (TPSA) is 63.6 Å². The molecule has 146 valence electrons. The van der Waals surface area contributed by atoms with Gasteiger partial charge in [-0.3, -0.25) is 0 Å². The van der Waals surface area contributed by atoms with Gasteiger partial charge < -0.3 is 0 Å². The Bertz CT molecular complexity index is 868. The quantitative estimate of drug-likeness (QED) is 0.367. The van der Waals surface area contributed by atoms with E-state index < -0.39 is 39.5 Å². The standard InChI is InChI=1S/C17H19F3IO4S/c1-12(2)25-16-10-8-15(9-11-16)21(20,17(18,19)26(22,23)24)14-6-4-13(3)5-7-14/h4-12H,1-3H3,(H,22,23,24)/q-1. The van der Waals surface area contributed by atoms with Crippen molar-refractivity contribution >= 4 is 10.1 Å². The summed E-state index contributed by atoms with van der Waals surface area (Å²) in [4.78, 5) is 0. The van der Waals surface area contributed by atoms with Crippen LogP contribution < -0.4 is 23.7 Å². The average Bonchev–Trinajstić information content (AvgIpc) is 2.53. The molecule has 9 heteroatoms. The van der Waals surface area contributed by atoms with Gasteiger partial charge in [0.2, 0.25) is 0 Å². The number of hydrogen-bond acceptors (Lipinski definition) is 3. The number of benzene rings is 2. The first-order chi connectivity index (χ1) is 11.9. The van der Waals surface area contributed by atoms with Crippen LogP contribution in [0, 0.1) is 14.1 Å². The van der Waals surface area contributed by atoms with Gasteiger partial charge in [-0.25, -0.2) is 0 Å². The second-order valence-electron chi connectivity index (χ2n) is 5.83. The van der Waals surface area contributed by atoms with Gasteiger partial charge in [0, 0.05) is 0 Å². The maximum atomic E-state index is 15.9. The van der Waals surface area contributed by atoms with Crippen LogP contribution in [0.3, 0.4) is 0 Å². The van der Waals surface area contributed by atoms with Crippen LogP contribution in [0.1, 0.15) is 19.4 Å². The van der Waals surface area contributed by atoms with Crippen molar-refractivity contribution in [3.63, 3.8) is 0 Å². The fourth-order valence-electron chi connectivity index (χ4n) is 2.18. The normalized spacial score (nSPS) is 16.2. The summed E-state index contributed by atoms with van der Waals surface area (Å²) in [6.45, 7) is 5.22. The van der Waals surface area contributed by atoms with E-state index in [9.17, 15) is 17.2 Å². The molecule has 1 atom stereocenters. The second-order valence-corrected chi connectivity index (χ2v) is 14.7. The van der Waals surface area contributed by atoms with E-state index in [1.165, 1.54) is 24.3 Å². The van der Waals surface area contributed by atoms with Crippen LogP contribution >= 0.6 is 0 Å². The number of rotatable bonds is 6. The summed E-state index contributed by atoms with van der Waals surface area (Å²) in [7, 11) is -5.96. The molecular weight excluding hydrogens is 484 g/mol. The summed E-state index contributed by atoms with van der Waals surface area (Å²) in [5.41, 5.74) is 0.702. The number of aryl methyl sites for hydroxylation is 1. The summed E-state index contributed by atoms with van der Waals surface area (Å²) < 4.78 is 76.4. The molecule has 0 aromatic heterocycles. The molecule has 0 radical (unpaired) electrons. The summed E-state index contributed by atoms with van der Waals surface area (Å²) in [5.74, 6) is 0.339. The zero-order valence-electron chi connectivity index (χ0n) is 14.3. The molecule has 0 aliphatic rings. The van der Waals surface area contributed by atoms with Gasteiger partial charge in [-0.2, -0.15) is 0 Å². The number of halogens is 4. The van der Waals surface area contributed by atoms with E-state index in [0.29, 0.717) is 11.3 Å². The maximum absolute atomic E-state index is 15.9. The van der Waals surface area contributed by atoms with Crippen LogP contribution in [0.5, 0.6) is 5.75 Å². The van der Waals surface area contributed by atoms with Crippen molar-refractivity contribution in [2.75, 3.05) is 0 Å². The van der Waals surface area contributed by atoms with Crippen molar-refractivity contribution in [3.8, 4) is 5.75 Å². The van der Waals surface area contributed by atoms with Crippen LogP contribution in [0.15, 0.2) is 48.5 Å². The Balaban J connectivity index is 2.67. The zero-order chi connectivity index (χ0) is 19.8. The Kier molecular flexibility index (Phi) is 5.93. The van der Waals surface area contributed by atoms with E-state index in [0.717, 1.165) is 24.3 Å². The van der Waals surface area contributed by atoms with Crippen LogP contribution in [0.2, 0.25) is 0 Å². The zero-order valence-corrected chi connectivity index (χ0v) is 17.3. The van der Waals surface area contributed by atoms with Crippen LogP contribution in [0.4, 0.5) is 11.6 Å². The van der Waals surface area contributed by atoms with Crippen molar-refractivity contribution in [2.24, 2.45) is 0 Å². The van der Waals surface area contributed by atoms with Gasteiger partial charge in [0.05, 0.1) is 0 Å². The van der Waals surface area contributed by atoms with E-state index in [4.69, 9.17) is 9.29 Å². The van der Waals surface area contributed by atoms with Gasteiger partial charge in [0.1, 0.15) is 0 Å². The molecule has 0 aliphatic carbocycles. The van der Waals surface area contributed by atoms with E-state index in [1.807, 2.05) is 0 Å². The molecule has 0 aliphatic heterocycles. The molecule has 1 N–H and O–H groups in total. The van der Waals surface area contributed by atoms with Crippen molar-refractivity contribution in [1.29, 1.82) is 0 Å². The molecule has 0 bridgehead atoms. The Labute approximate surface area is 155 Å². The number of ether oxygens (including phenoxy) is 1. The van der Waals surface area contributed by atoms with Gasteiger partial charge in [-0.05, 0) is 0 Å². The molecule has 0 spiro atoms. The molecule has 4 nitrogen and oxygen atoms in total. The third-order valence-corrected chi connectivity index (χ3v) is 13.7. The number of alkyl halides is 3. The predicted octanol–water partition coefficient (Wildman–Crippen LogP) is 1.30. The summed E-state index contributed by atoms with van der Waals surface area (Å²) in [6.07, 6.45) is -0.173. The summed E-state index contributed by atoms with van der Waals surface area (Å²) in [6, 6.07) is 9.92. The first-order valence-electron chi connectivity index (χ1n) is 7.55. The first kappa shape index (κ1) is 21.0. The summed E-state index contributed by atoms with van der Waals surface area (Å²) in [5, 5.41) is 0. The minimum atomic E-state index is -6.24. The van der Waals surface area contributed by atoms with Gasteiger partial charge in [-0.15, -0.1) is 0 Å². The predicted molar refractivity (Wildman–Crippen MR) is 88.4 cm³/mol. The van der Waals surface area contributed by atoms with E-state index in [2.05, 4.69) is 0 Å². The molecule has 0 heterocycles. The minimum absolute atomic E-state index is 0.173. The third-order valence-electron chi connectivity index (χ3n) is 3.39. The first-order valence-corrected chi connectivity index (χ1v) is 13.0. The van der Waals surface area contributed by atoms with Crippen LogP contribution in [0.25, 0.3) is 0 Å². The molecule has 0 saturated carbocycles. The average molecular weight is 503 g/mol. The van der Waals surface area contributed by atoms with Gasteiger partial charge in [0.15, 0.2) is 0 Å². The molecular formula is C17H19F3IO4S-. The Morgan fingerprint density at radius 1 is 1.00 bits per heavy atom. The molecule has 0 fully saturated rings. The monoisotopic (exact) mass is 503 g/mol. The van der Waals surface area contributed by atoms with E-state index >= 15 is 2.86 Å². The van der Waals surface area contributed by atoms with E-state index in [-0.39, 0.29) is 6.10 Å². The molecule has 2 aromatic carbocycles. The molecule has 2 aromatic rings. The second kappa shape index (κ2) is 7.35. The van der Waals surface area contributed by atoms with Crippen molar-refractivity contribution in [3.05, 3.63) is 61.2 Å². The summed E-state index contributed by atoms with van der Waals surface area (Å²) >= 11 is -6.24. The van der Waals surface area contributed by atoms with Crippen LogP contribution in [-0.2, 0) is 10.1 Å². The third kappa shape index (κ3) is 3.84. The Morgan fingerprint density at radius 2 is 1.42 bits per heavy atom. The van der Waals surface area contributed by atoms with Crippen molar-refractivity contribution in [1.82, 2.24) is 0 Å². The number of hydrogen-bond donors (Lipinski definition) is 1. The Morgan fingerprint density at radius 3 is 1.81 bits per heavy atom. The van der Waals surface area contributed by atoms with Gasteiger partial charge >= 0.3 is 156 Å². The molecule has 0 amide bonds. The molecule has 1 unspecified atom stereocenters. The Hall–Kier alpha value is -1.33. The van der Waals surface area contributed by atoms with Crippen molar-refractivity contribution < 1.29 is 48.4 Å². The van der Waals surface area contributed by atoms with Gasteiger partial charge in [0.25, 0.3) is 0 Å². The molecule has 26 heavy (non-hydrogen) atoms. The molecule has 0 saturated heterocycles. The van der Waals surface area contributed by atoms with Gasteiger partial charge in [-0.1, -0.05) is 0 Å². The fraction of sp³-hybridized carbons (Fsp3) is 0.294. The SMILES string of the molecule is Cc1ccc([I-](F)(c2ccc(OC(C)C)cc2)C(F)(F)S(=O)(=O)O)cc1. The van der Waals surface area contributed by atoms with Crippen molar-refractivity contribution in [2.45, 2.75) is 30.1 Å². The molecule has 2 rings (SSSR count). The fourth-order valence-corrected chi connectivity index (χ4v) is 10.8. The van der Waals surface area contributed by atoms with Crippen LogP contribution in [-0.4, -0.2) is 22.3 Å².